The highest BCUT2D eigenvalue weighted by Crippen LogP contribution is 2.39. The molecule has 0 saturated carbocycles. The van der Waals surface area contributed by atoms with Crippen LogP contribution in [-0.2, 0) is 77.9 Å². The number of fused-ring (bicyclic) bond motifs is 3. The molecule has 0 spiro atoms. The molecule has 9 aromatic rings. The lowest BCUT2D eigenvalue weighted by Gasteiger charge is -2.47. The molecule has 0 atom stereocenters. The van der Waals surface area contributed by atoms with Gasteiger partial charge in [-0.25, -0.2) is 68.0 Å². The minimum absolute atomic E-state index is 0. The Kier molecular flexibility index (Phi) is 32.7. The first-order valence-corrected chi connectivity index (χ1v) is 52.4. The smallest absolute Gasteiger partial charge is 0.410 e. The molecule has 41 heteroatoms. The number of likely N-dealkylation sites (tertiary alicyclic amines) is 1. The number of carbonyl (C=O) groups excluding carboxylic acids is 1. The Bertz CT molecular complexity index is 5740. The molecule has 34 nitrogen and oxygen atoms in total. The fourth-order valence-corrected chi connectivity index (χ4v) is 16.2. The topological polar surface area (TPSA) is 396 Å². The molecule has 14 heterocycles. The Morgan fingerprint density at radius 2 is 1.02 bits per heavy atom. The van der Waals surface area contributed by atoms with E-state index in [0.29, 0.717) is 39.6 Å². The van der Waals surface area contributed by atoms with Gasteiger partial charge in [0, 0.05) is 194 Å². The number of nitrogens with zero attached hydrogens (tertiary/aromatic N) is 19. The number of nitrogens with one attached hydrogen (secondary N) is 3. The average Bonchev–Trinajstić information content (AvgIpc) is 1.39. The molecule has 1 amide bonds. The number of hydrogen-bond acceptors (Lipinski definition) is 21. The van der Waals surface area contributed by atoms with Crippen molar-refractivity contribution >= 4 is 105 Å². The number of aromatic nitrogens is 12. The molecule has 3 N–H and O–H groups in total. The molecule has 632 valence electrons. The van der Waals surface area contributed by atoms with Crippen molar-refractivity contribution in [1.82, 2.24) is 82.0 Å². The summed E-state index contributed by atoms with van der Waals surface area (Å²) >= 11 is 0. The zero-order valence-corrected chi connectivity index (χ0v) is 73.8. The molecule has 0 radical (unpaired) electrons. The summed E-state index contributed by atoms with van der Waals surface area (Å²) in [6.45, 7) is 46.3. The van der Waals surface area contributed by atoms with Crippen LogP contribution in [0.2, 0.25) is 51.4 Å². The quantitative estimate of drug-likeness (QED) is 0.0276. The number of carbonyl (C=O) groups is 1. The van der Waals surface area contributed by atoms with Gasteiger partial charge in [-0.15, -0.1) is 0 Å². The summed E-state index contributed by atoms with van der Waals surface area (Å²) in [7, 11) is -10.4. The van der Waals surface area contributed by atoms with E-state index in [1.807, 2.05) is 105 Å². The first kappa shape index (κ1) is 95.1. The predicted octanol–water partition coefficient (Wildman–Crippen LogP) is 11.5. The van der Waals surface area contributed by atoms with Crippen molar-refractivity contribution in [3.8, 4) is 45.5 Å². The lowest BCUT2D eigenvalue weighted by molar-refractivity contribution is 0.0214. The maximum absolute atomic E-state index is 11.9. The van der Waals surface area contributed by atoms with E-state index in [4.69, 9.17) is 33.9 Å². The van der Waals surface area contributed by atoms with Crippen molar-refractivity contribution in [2.24, 2.45) is 0 Å². The van der Waals surface area contributed by atoms with Crippen molar-refractivity contribution < 1.29 is 52.7 Å². The number of hydrogen-bond donors (Lipinski definition) is 3. The molecule has 5 saturated heterocycles. The number of pyridine rings is 3. The molecule has 5 fully saturated rings. The first-order valence-electron chi connectivity index (χ1n) is 36.8. The number of halogens is 1. The van der Waals surface area contributed by atoms with Gasteiger partial charge in [0.2, 0.25) is 39.1 Å². The van der Waals surface area contributed by atoms with Gasteiger partial charge in [-0.3, -0.25) is 14.5 Å². The third kappa shape index (κ3) is 27.2. The Hall–Kier alpha value is -10.1. The maximum atomic E-state index is 11.9. The number of ether oxygens (including phenoxy) is 3. The van der Waals surface area contributed by atoms with Crippen molar-refractivity contribution in [2.75, 3.05) is 104 Å². The SMILES string of the molecule is C.CS(=O)(=O)Cl.CS(=O)(=O)N1CC(CC#N)(n2cc(-c3ccnc4[nH]ccc34)cn2)C1.C[Si](C)(C)CCOCn1ccc2c(-c3cn[nH]c3)ccnc21.C[Si](C)(C)CCOCn1ccc2c(-c3cnn(C4(CC#N)CN(S(C)(=O)=O)C4)c3)ccnc21.[C-]#[N+]C=C1CN(C(=O)OC(C)(C)C)C1.[C-]#[N+]C=C1CN(S(C)(=O)=O)C1.[C-]#[N+]C=C1CNC1. The summed E-state index contributed by atoms with van der Waals surface area (Å²) in [6, 6.07) is 18.6. The second kappa shape index (κ2) is 40.6. The number of rotatable bonds is 20. The Balaban J connectivity index is 0.000000203. The molecule has 9 aromatic heterocycles. The van der Waals surface area contributed by atoms with E-state index in [0.717, 1.165) is 116 Å². The largest absolute Gasteiger partial charge is 0.444 e. The molecule has 118 heavy (non-hydrogen) atoms. The number of nitriles is 2. The number of H-pyrrole nitrogens is 2. The van der Waals surface area contributed by atoms with Crippen LogP contribution < -0.4 is 5.32 Å². The highest BCUT2D eigenvalue weighted by molar-refractivity contribution is 8.13. The van der Waals surface area contributed by atoms with Crippen LogP contribution in [0.5, 0.6) is 0 Å². The van der Waals surface area contributed by atoms with Gasteiger partial charge in [0.1, 0.15) is 47.1 Å². The van der Waals surface area contributed by atoms with Gasteiger partial charge < -0.3 is 38.5 Å². The molecule has 0 unspecified atom stereocenters. The van der Waals surface area contributed by atoms with Crippen molar-refractivity contribution in [3.63, 3.8) is 0 Å². The monoisotopic (exact) mass is 1750 g/mol. The average molecular weight is 1750 g/mol. The fraction of sp³-hybridized carbons (Fsp3) is 0.455. The van der Waals surface area contributed by atoms with Crippen LogP contribution in [0, 0.1) is 42.4 Å². The van der Waals surface area contributed by atoms with Crippen LogP contribution in [0.1, 0.15) is 41.0 Å². The maximum Gasteiger partial charge on any atom is 0.410 e. The zero-order chi connectivity index (χ0) is 86.0. The van der Waals surface area contributed by atoms with Crippen LogP contribution >= 0.6 is 10.7 Å². The zero-order valence-electron chi connectivity index (χ0n) is 67.8. The summed E-state index contributed by atoms with van der Waals surface area (Å²) < 4.78 is 116. The first-order chi connectivity index (χ1) is 54.9. The van der Waals surface area contributed by atoms with Crippen LogP contribution in [0.3, 0.4) is 0 Å². The van der Waals surface area contributed by atoms with Gasteiger partial charge in [0.25, 0.3) is 0 Å². The second-order valence-corrected chi connectivity index (χ2v) is 52.2. The van der Waals surface area contributed by atoms with E-state index in [2.05, 4.69) is 133 Å². The van der Waals surface area contributed by atoms with E-state index in [9.17, 15) is 49.0 Å². The van der Waals surface area contributed by atoms with E-state index in [1.54, 1.807) is 45.3 Å². The summed E-state index contributed by atoms with van der Waals surface area (Å²) in [5.41, 5.74) is 9.95. The van der Waals surface area contributed by atoms with Gasteiger partial charge in [-0.2, -0.15) is 38.7 Å². The minimum atomic E-state index is -3.29. The van der Waals surface area contributed by atoms with Crippen molar-refractivity contribution in [2.45, 2.75) is 123 Å². The van der Waals surface area contributed by atoms with Crippen LogP contribution in [0.4, 0.5) is 4.79 Å². The molecule has 5 aliphatic rings. The highest BCUT2D eigenvalue weighted by atomic mass is 35.7. The molecule has 14 rings (SSSR count). The number of sulfonamides is 3. The Morgan fingerprint density at radius 3 is 1.39 bits per heavy atom. The van der Waals surface area contributed by atoms with E-state index in [1.165, 1.54) is 55.7 Å². The molecule has 5 aliphatic heterocycles. The fourth-order valence-electron chi connectivity index (χ4n) is 12.0. The summed E-state index contributed by atoms with van der Waals surface area (Å²) in [5.74, 6) is 0. The van der Waals surface area contributed by atoms with Gasteiger partial charge in [-0.05, 0) is 103 Å². The van der Waals surface area contributed by atoms with Crippen molar-refractivity contribution in [3.05, 3.63) is 180 Å². The van der Waals surface area contributed by atoms with E-state index >= 15 is 0 Å². The van der Waals surface area contributed by atoms with Gasteiger partial charge in [-0.1, -0.05) is 46.7 Å². The third-order valence-electron chi connectivity index (χ3n) is 18.6. The molecular formula is C77H103ClN22O12S4Si2. The lowest BCUT2D eigenvalue weighted by atomic mass is 9.89. The number of aromatic amines is 2. The molecular weight excluding hydrogens is 1640 g/mol. The van der Waals surface area contributed by atoms with Crippen LogP contribution in [0.25, 0.3) is 81.0 Å². The lowest BCUT2D eigenvalue weighted by Crippen LogP contribution is -2.63. The predicted molar refractivity (Wildman–Crippen MR) is 462 cm³/mol. The van der Waals surface area contributed by atoms with Crippen LogP contribution in [-0.4, -0.2) is 242 Å². The van der Waals surface area contributed by atoms with Crippen LogP contribution in [0.15, 0.2) is 146 Å². The standard InChI is InChI=1S/C22H30N6O3SSi.C16H16N6O2S.C16H22N4OSi.C10H14N2O2.C6H8N2O2S.C5H6N2.CH3ClO2S.CH4/c1-32(29,30)27-15-22(16-27,7-8-23)28-14-18(13-25-28)19-5-9-24-21-20(19)6-10-26(21)17-31-11-12-33(2,3)4;1-25(23,24)21-10-16(11-21,4-5-17)22-9-12(8-20-22)13-2-6-18-15-14(13)3-7-19-15;1-22(2,3)9-8-21-12-20-7-5-15-14(4-6-17-16(15)20)13-10-18-19-11-13;1-10(2,3)14-9(13)12-6-8(7-12)5-11-4;1-7-3-6-4-8(5-6)11(2,9)10;1-6-2-5-3-7-4-5;1-5(2,3)4;/h5-6,9-10,13-14H,7,11-12,15-17H2,1-4H3;2-3,6-9H,4,10-11H2,1H3,(H,18,19);4-7,10-11H,8-9,12H2,1-3H3,(H,18,19);5H,6-7H2,1-3H3;3H,4-5H2,2H3;2,7H,3-4H2;1H3;1H4. The Labute approximate surface area is 697 Å². The van der Waals surface area contributed by atoms with Gasteiger partial charge in [0.05, 0.1) is 88.3 Å². The second-order valence-electron chi connectivity index (χ2n) is 32.0. The third-order valence-corrected chi connectivity index (χ3v) is 25.6. The van der Waals surface area contributed by atoms with E-state index < -0.39 is 71.9 Å². The summed E-state index contributed by atoms with van der Waals surface area (Å²) in [4.78, 5) is 38.6. The molecule has 0 aromatic carbocycles. The highest BCUT2D eigenvalue weighted by Gasteiger charge is 2.50. The summed E-state index contributed by atoms with van der Waals surface area (Å²) in [5, 5.41) is 40.5. The Morgan fingerprint density at radius 1 is 0.602 bits per heavy atom. The molecule has 0 bridgehead atoms. The summed E-state index contributed by atoms with van der Waals surface area (Å²) in [6.07, 6.45) is 31.1. The minimum Gasteiger partial charge on any atom is -0.444 e. The van der Waals surface area contributed by atoms with Crippen molar-refractivity contribution in [1.29, 1.82) is 10.5 Å². The molecule has 0 aliphatic carbocycles. The van der Waals surface area contributed by atoms with E-state index in [-0.39, 0.29) is 52.5 Å². The van der Waals surface area contributed by atoms with Gasteiger partial charge in [0.15, 0.2) is 18.6 Å². The normalized spacial score (nSPS) is 15.7. The van der Waals surface area contributed by atoms with Gasteiger partial charge >= 0.3 is 6.09 Å². The number of amides is 1.